The number of aryl methyl sites for hydroxylation is 1. The molecule has 0 bridgehead atoms. The zero-order chi connectivity index (χ0) is 23.2. The first-order valence-corrected chi connectivity index (χ1v) is 11.6. The van der Waals surface area contributed by atoms with Crippen LogP contribution in [0.2, 0.25) is 0 Å². The third-order valence-electron chi connectivity index (χ3n) is 5.20. The van der Waals surface area contributed by atoms with Crippen molar-refractivity contribution in [2.24, 2.45) is 0 Å². The van der Waals surface area contributed by atoms with Crippen LogP contribution in [0.5, 0.6) is 0 Å². The molecule has 0 aliphatic rings. The van der Waals surface area contributed by atoms with Gasteiger partial charge in [-0.05, 0) is 55.3 Å². The number of para-hydroxylation sites is 1. The number of carbonyl (C=O) groups excluding carboxylic acids is 2. The maximum absolute atomic E-state index is 12.8. The van der Waals surface area contributed by atoms with Crippen LogP contribution in [-0.4, -0.2) is 23.6 Å². The van der Waals surface area contributed by atoms with Crippen molar-refractivity contribution in [3.8, 4) is 10.6 Å². The third kappa shape index (κ3) is 5.56. The highest BCUT2D eigenvalue weighted by molar-refractivity contribution is 7.21. The summed E-state index contributed by atoms with van der Waals surface area (Å²) in [5.41, 5.74) is 4.43. The number of aromatic nitrogens is 1. The Morgan fingerprint density at radius 3 is 2.52 bits per heavy atom. The van der Waals surface area contributed by atoms with E-state index in [9.17, 15) is 9.59 Å². The van der Waals surface area contributed by atoms with Crippen LogP contribution in [0.1, 0.15) is 30.5 Å². The number of hydrogen-bond acceptors (Lipinski definition) is 5. The smallest absolute Gasteiger partial charge is 0.319 e. The largest absolute Gasteiger partial charge is 0.466 e. The zero-order valence-electron chi connectivity index (χ0n) is 18.5. The first-order chi connectivity index (χ1) is 16.0. The van der Waals surface area contributed by atoms with Crippen LogP contribution in [0, 0.1) is 6.92 Å². The van der Waals surface area contributed by atoms with Crippen LogP contribution in [0.15, 0.2) is 72.8 Å². The summed E-state index contributed by atoms with van der Waals surface area (Å²) in [4.78, 5) is 29.5. The summed E-state index contributed by atoms with van der Waals surface area (Å²) in [7, 11) is 0. The Hall–Kier alpha value is -3.71. The molecule has 1 heterocycles. The van der Waals surface area contributed by atoms with Gasteiger partial charge in [0.1, 0.15) is 5.01 Å². The van der Waals surface area contributed by atoms with Gasteiger partial charge in [0.2, 0.25) is 0 Å². The molecule has 0 spiro atoms. The minimum Gasteiger partial charge on any atom is -0.466 e. The average Bonchev–Trinajstić information content (AvgIpc) is 3.25. The molecule has 1 aromatic heterocycles. The highest BCUT2D eigenvalue weighted by atomic mass is 32.1. The van der Waals surface area contributed by atoms with Crippen LogP contribution < -0.4 is 10.6 Å². The van der Waals surface area contributed by atoms with Crippen molar-refractivity contribution in [2.45, 2.75) is 26.3 Å². The molecule has 33 heavy (non-hydrogen) atoms. The number of urea groups is 1. The van der Waals surface area contributed by atoms with Crippen molar-refractivity contribution < 1.29 is 14.3 Å². The molecule has 1 atom stereocenters. The van der Waals surface area contributed by atoms with Crippen LogP contribution in [0.4, 0.5) is 10.5 Å². The van der Waals surface area contributed by atoms with Gasteiger partial charge in [0.05, 0.1) is 29.3 Å². The lowest BCUT2D eigenvalue weighted by Crippen LogP contribution is -2.34. The number of ether oxygens (including phenoxy) is 1. The summed E-state index contributed by atoms with van der Waals surface area (Å²) >= 11 is 1.64. The molecule has 0 unspecified atom stereocenters. The normalized spacial score (nSPS) is 11.7. The molecule has 2 amide bonds. The van der Waals surface area contributed by atoms with E-state index in [4.69, 9.17) is 9.72 Å². The minimum absolute atomic E-state index is 0.0563. The summed E-state index contributed by atoms with van der Waals surface area (Å²) in [6.45, 7) is 4.00. The molecule has 0 saturated heterocycles. The highest BCUT2D eigenvalue weighted by Crippen LogP contribution is 2.32. The summed E-state index contributed by atoms with van der Waals surface area (Å²) in [6.07, 6.45) is 0.0563. The average molecular weight is 460 g/mol. The van der Waals surface area contributed by atoms with E-state index in [2.05, 4.69) is 16.7 Å². The molecule has 4 aromatic rings. The maximum atomic E-state index is 12.8. The monoisotopic (exact) mass is 459 g/mol. The number of fused-ring (bicyclic) bond motifs is 1. The molecule has 0 aliphatic carbocycles. The zero-order valence-corrected chi connectivity index (χ0v) is 19.3. The van der Waals surface area contributed by atoms with Gasteiger partial charge in [-0.15, -0.1) is 11.3 Å². The number of carbonyl (C=O) groups is 2. The predicted molar refractivity (Wildman–Crippen MR) is 132 cm³/mol. The van der Waals surface area contributed by atoms with Crippen molar-refractivity contribution in [2.75, 3.05) is 11.9 Å². The second kappa shape index (κ2) is 10.3. The van der Waals surface area contributed by atoms with Crippen molar-refractivity contribution in [3.63, 3.8) is 0 Å². The van der Waals surface area contributed by atoms with Gasteiger partial charge >= 0.3 is 12.0 Å². The van der Waals surface area contributed by atoms with Gasteiger partial charge in [-0.1, -0.05) is 42.5 Å². The van der Waals surface area contributed by atoms with E-state index in [1.165, 1.54) is 0 Å². The fourth-order valence-corrected chi connectivity index (χ4v) is 4.54. The lowest BCUT2D eigenvalue weighted by molar-refractivity contribution is -0.143. The van der Waals surface area contributed by atoms with Crippen molar-refractivity contribution in [1.82, 2.24) is 10.3 Å². The van der Waals surface area contributed by atoms with Crippen LogP contribution in [0.3, 0.4) is 0 Å². The van der Waals surface area contributed by atoms with E-state index in [1.54, 1.807) is 18.3 Å². The Morgan fingerprint density at radius 2 is 1.79 bits per heavy atom. The molecule has 4 rings (SSSR count). The van der Waals surface area contributed by atoms with E-state index in [0.29, 0.717) is 12.3 Å². The molecule has 0 fully saturated rings. The number of nitrogens with one attached hydrogen (secondary N) is 2. The van der Waals surface area contributed by atoms with Crippen LogP contribution in [-0.2, 0) is 9.53 Å². The van der Waals surface area contributed by atoms with Gasteiger partial charge in [-0.25, -0.2) is 9.78 Å². The molecule has 7 heteroatoms. The number of hydrogen-bond donors (Lipinski definition) is 2. The summed E-state index contributed by atoms with van der Waals surface area (Å²) < 4.78 is 6.21. The van der Waals surface area contributed by atoms with E-state index < -0.39 is 6.04 Å². The van der Waals surface area contributed by atoms with E-state index >= 15 is 0 Å². The maximum Gasteiger partial charge on any atom is 0.319 e. The molecule has 0 aliphatic heterocycles. The van der Waals surface area contributed by atoms with Gasteiger partial charge in [0.15, 0.2) is 0 Å². The van der Waals surface area contributed by atoms with Gasteiger partial charge in [-0.3, -0.25) is 4.79 Å². The molecule has 168 valence electrons. The summed E-state index contributed by atoms with van der Waals surface area (Å²) in [5, 5.41) is 6.74. The van der Waals surface area contributed by atoms with Gasteiger partial charge in [0.25, 0.3) is 0 Å². The number of rotatable bonds is 7. The van der Waals surface area contributed by atoms with Crippen LogP contribution >= 0.6 is 11.3 Å². The van der Waals surface area contributed by atoms with Crippen molar-refractivity contribution in [1.29, 1.82) is 0 Å². The van der Waals surface area contributed by atoms with Gasteiger partial charge < -0.3 is 15.4 Å². The summed E-state index contributed by atoms with van der Waals surface area (Å²) in [6, 6.07) is 22.4. The van der Waals surface area contributed by atoms with E-state index in [1.807, 2.05) is 73.7 Å². The first kappa shape index (κ1) is 22.5. The number of anilines is 1. The quantitative estimate of drug-likeness (QED) is 0.328. The minimum atomic E-state index is -0.493. The number of thiazole rings is 1. The lowest BCUT2D eigenvalue weighted by Gasteiger charge is -2.19. The second-order valence-corrected chi connectivity index (χ2v) is 8.62. The number of nitrogens with zero attached hydrogens (tertiary/aromatic N) is 1. The Bertz CT molecular complexity index is 1240. The Labute approximate surface area is 196 Å². The molecule has 2 N–H and O–H groups in total. The molecule has 0 saturated carbocycles. The molecule has 3 aromatic carbocycles. The fraction of sp³-hybridized carbons (Fsp3) is 0.192. The second-order valence-electron chi connectivity index (χ2n) is 7.59. The molecule has 0 radical (unpaired) electrons. The third-order valence-corrected chi connectivity index (χ3v) is 6.28. The van der Waals surface area contributed by atoms with Gasteiger partial charge in [-0.2, -0.15) is 0 Å². The SMILES string of the molecule is CCOC(=O)C[C@@H](NC(=O)Nc1ccc(-c2nc3ccccc3s2)cc1C)c1ccccc1. The molecule has 6 nitrogen and oxygen atoms in total. The Morgan fingerprint density at radius 1 is 1.03 bits per heavy atom. The Kier molecular flexibility index (Phi) is 7.00. The molecular weight excluding hydrogens is 434 g/mol. The standard InChI is InChI=1S/C26H25N3O3S/c1-3-32-24(30)16-22(18-9-5-4-6-10-18)29-26(31)28-20-14-13-19(15-17(20)2)25-27-21-11-7-8-12-23(21)33-25/h4-15,22H,3,16H2,1-2H3,(H2,28,29,31)/t22-/m1/s1. The van der Waals surface area contributed by atoms with Gasteiger partial charge in [0, 0.05) is 11.3 Å². The summed E-state index contributed by atoms with van der Waals surface area (Å²) in [5.74, 6) is -0.358. The topological polar surface area (TPSA) is 80.3 Å². The number of benzene rings is 3. The van der Waals surface area contributed by atoms with E-state index in [-0.39, 0.29) is 18.4 Å². The van der Waals surface area contributed by atoms with Crippen molar-refractivity contribution in [3.05, 3.63) is 83.9 Å². The fourth-order valence-electron chi connectivity index (χ4n) is 3.57. The molecular formula is C26H25N3O3S. The highest BCUT2D eigenvalue weighted by Gasteiger charge is 2.19. The lowest BCUT2D eigenvalue weighted by atomic mass is 10.0. The van der Waals surface area contributed by atoms with Crippen LogP contribution in [0.25, 0.3) is 20.8 Å². The first-order valence-electron chi connectivity index (χ1n) is 10.8. The number of esters is 1. The van der Waals surface area contributed by atoms with Crippen molar-refractivity contribution >= 4 is 39.2 Å². The predicted octanol–water partition coefficient (Wildman–Crippen LogP) is 6.09. The van der Waals surface area contributed by atoms with E-state index in [0.717, 1.165) is 31.9 Å². The Balaban J connectivity index is 1.48. The number of amides is 2.